The van der Waals surface area contributed by atoms with Crippen molar-refractivity contribution in [2.45, 2.75) is 18.0 Å². The molecule has 0 atom stereocenters. The number of alkyl halides is 3. The number of aromatic nitrogens is 2. The molecule has 1 heterocycles. The lowest BCUT2D eigenvalue weighted by molar-refractivity contribution is -0.105. The average molecular weight is 315 g/mol. The number of benzene rings is 1. The normalized spacial score (nSPS) is 11.4. The molecule has 2 rings (SSSR count). The summed E-state index contributed by atoms with van der Waals surface area (Å²) in [6, 6.07) is 6.37. The summed E-state index contributed by atoms with van der Waals surface area (Å²) in [7, 11) is 0. The van der Waals surface area contributed by atoms with Crippen molar-refractivity contribution >= 4 is 23.4 Å². The van der Waals surface area contributed by atoms with Gasteiger partial charge in [-0.25, -0.2) is 0 Å². The number of carbonyl (C=O) groups excluding carboxylic acids is 1. The first kappa shape index (κ1) is 15.4. The molecule has 21 heavy (non-hydrogen) atoms. The summed E-state index contributed by atoms with van der Waals surface area (Å²) in [4.78, 5) is 12.4. The zero-order valence-electron chi connectivity index (χ0n) is 11.0. The largest absolute Gasteiger partial charge is 0.398 e. The number of para-hydroxylation sites is 1. The highest BCUT2D eigenvalue weighted by Gasteiger charge is 2.27. The van der Waals surface area contributed by atoms with E-state index in [9.17, 15) is 18.0 Å². The van der Waals surface area contributed by atoms with Crippen LogP contribution in [0, 0.1) is 6.92 Å². The van der Waals surface area contributed by atoms with Crippen molar-refractivity contribution in [3.05, 3.63) is 41.7 Å². The van der Waals surface area contributed by atoms with Crippen molar-refractivity contribution in [2.24, 2.45) is 0 Å². The van der Waals surface area contributed by atoms with Crippen LogP contribution in [0.2, 0.25) is 0 Å². The highest BCUT2D eigenvalue weighted by molar-refractivity contribution is 7.99. The van der Waals surface area contributed by atoms with E-state index >= 15 is 0 Å². The first-order valence-electron chi connectivity index (χ1n) is 5.97. The smallest absolute Gasteiger partial charge is 0.321 e. The highest BCUT2D eigenvalue weighted by atomic mass is 32.2. The van der Waals surface area contributed by atoms with E-state index in [2.05, 4.69) is 15.5 Å². The summed E-state index contributed by atoms with van der Waals surface area (Å²) in [6.07, 6.45) is -2.89. The molecule has 0 unspecified atom stereocenters. The van der Waals surface area contributed by atoms with Crippen LogP contribution in [0.1, 0.15) is 16.1 Å². The van der Waals surface area contributed by atoms with E-state index in [1.165, 1.54) is 12.3 Å². The summed E-state index contributed by atoms with van der Waals surface area (Å²) in [5.74, 6) is -1.42. The number of carbonyl (C=O) groups is 1. The maximum absolute atomic E-state index is 12.3. The summed E-state index contributed by atoms with van der Waals surface area (Å²) in [5.41, 5.74) is 1.29. The van der Waals surface area contributed by atoms with Gasteiger partial charge in [-0.2, -0.15) is 18.3 Å². The summed E-state index contributed by atoms with van der Waals surface area (Å²) >= 11 is 0.634. The monoisotopic (exact) mass is 315 g/mol. The summed E-state index contributed by atoms with van der Waals surface area (Å²) in [5, 5.41) is 8.97. The van der Waals surface area contributed by atoms with Crippen LogP contribution in [0.3, 0.4) is 0 Å². The van der Waals surface area contributed by atoms with Gasteiger partial charge in [0.15, 0.2) is 0 Å². The minimum absolute atomic E-state index is 0.345. The number of aryl methyl sites for hydroxylation is 1. The van der Waals surface area contributed by atoms with E-state index in [-0.39, 0.29) is 0 Å². The summed E-state index contributed by atoms with van der Waals surface area (Å²) in [6.45, 7) is 1.69. The fourth-order valence-electron chi connectivity index (χ4n) is 1.62. The van der Waals surface area contributed by atoms with E-state index in [1.807, 2.05) is 0 Å². The van der Waals surface area contributed by atoms with Crippen LogP contribution in [0.25, 0.3) is 0 Å². The van der Waals surface area contributed by atoms with Gasteiger partial charge in [-0.15, -0.1) is 11.8 Å². The van der Waals surface area contributed by atoms with Crippen LogP contribution in [0.5, 0.6) is 0 Å². The third-order valence-corrected chi connectivity index (χ3v) is 3.74. The third-order valence-electron chi connectivity index (χ3n) is 2.60. The van der Waals surface area contributed by atoms with Crippen molar-refractivity contribution in [1.29, 1.82) is 0 Å². The fourth-order valence-corrected chi connectivity index (χ4v) is 2.39. The number of anilines is 1. The van der Waals surface area contributed by atoms with E-state index in [0.29, 0.717) is 33.6 Å². The van der Waals surface area contributed by atoms with Gasteiger partial charge in [0.1, 0.15) is 0 Å². The van der Waals surface area contributed by atoms with Crippen LogP contribution in [-0.4, -0.2) is 28.0 Å². The van der Waals surface area contributed by atoms with E-state index in [1.54, 1.807) is 25.1 Å². The molecule has 112 valence electrons. The predicted molar refractivity (Wildman–Crippen MR) is 74.5 cm³/mol. The molecule has 8 heteroatoms. The Morgan fingerprint density at radius 3 is 2.71 bits per heavy atom. The number of hydrogen-bond donors (Lipinski definition) is 2. The van der Waals surface area contributed by atoms with E-state index in [0.717, 1.165) is 0 Å². The number of rotatable bonds is 4. The standard InChI is InChI=1S/C13H12F3N3OS/c1-8-9(6-17-19-8)12(20)18-10-4-2-3-5-11(10)21-7-13(14,15)16/h2-6H,7H2,1H3,(H,17,19)(H,18,20). The minimum Gasteiger partial charge on any atom is -0.321 e. The van der Waals surface area contributed by atoms with Gasteiger partial charge in [-0.3, -0.25) is 9.89 Å². The lowest BCUT2D eigenvalue weighted by Crippen LogP contribution is -2.14. The number of hydrogen-bond acceptors (Lipinski definition) is 3. The van der Waals surface area contributed by atoms with Crippen molar-refractivity contribution in [2.75, 3.05) is 11.1 Å². The molecule has 0 aliphatic rings. The molecular weight excluding hydrogens is 303 g/mol. The second kappa shape index (κ2) is 6.21. The highest BCUT2D eigenvalue weighted by Crippen LogP contribution is 2.32. The number of H-pyrrole nitrogens is 1. The molecule has 2 aromatic rings. The Bertz CT molecular complexity index is 640. The fraction of sp³-hybridized carbons (Fsp3) is 0.231. The molecule has 2 N–H and O–H groups in total. The van der Waals surface area contributed by atoms with E-state index in [4.69, 9.17) is 0 Å². The van der Waals surface area contributed by atoms with E-state index < -0.39 is 17.8 Å². The lowest BCUT2D eigenvalue weighted by atomic mass is 10.2. The zero-order valence-corrected chi connectivity index (χ0v) is 11.8. The summed E-state index contributed by atoms with van der Waals surface area (Å²) < 4.78 is 36.9. The number of halogens is 3. The van der Waals surface area contributed by atoms with Crippen LogP contribution in [0.15, 0.2) is 35.4 Å². The van der Waals surface area contributed by atoms with Crippen molar-refractivity contribution in [1.82, 2.24) is 10.2 Å². The molecular formula is C13H12F3N3OS. The number of nitrogens with zero attached hydrogens (tertiary/aromatic N) is 1. The van der Waals surface area contributed by atoms with Crippen LogP contribution in [-0.2, 0) is 0 Å². The minimum atomic E-state index is -4.26. The molecule has 0 radical (unpaired) electrons. The molecule has 1 aromatic heterocycles. The Morgan fingerprint density at radius 2 is 2.10 bits per heavy atom. The topological polar surface area (TPSA) is 57.8 Å². The molecule has 1 amide bonds. The van der Waals surface area contributed by atoms with Gasteiger partial charge < -0.3 is 5.32 Å². The van der Waals surface area contributed by atoms with Gasteiger partial charge in [-0.05, 0) is 19.1 Å². The zero-order chi connectivity index (χ0) is 15.5. The molecule has 0 bridgehead atoms. The molecule has 0 fully saturated rings. The average Bonchev–Trinajstić information content (AvgIpc) is 2.83. The second-order valence-corrected chi connectivity index (χ2v) is 5.28. The quantitative estimate of drug-likeness (QED) is 0.847. The lowest BCUT2D eigenvalue weighted by Gasteiger charge is -2.11. The van der Waals surface area contributed by atoms with Gasteiger partial charge in [0.2, 0.25) is 0 Å². The predicted octanol–water partition coefficient (Wildman–Crippen LogP) is 3.62. The first-order valence-corrected chi connectivity index (χ1v) is 6.95. The van der Waals surface area contributed by atoms with Crippen molar-refractivity contribution < 1.29 is 18.0 Å². The van der Waals surface area contributed by atoms with Gasteiger partial charge >= 0.3 is 6.18 Å². The van der Waals surface area contributed by atoms with Gasteiger partial charge in [0.25, 0.3) is 5.91 Å². The Labute approximate surface area is 123 Å². The molecule has 0 aliphatic heterocycles. The molecule has 0 saturated heterocycles. The Kier molecular flexibility index (Phi) is 4.56. The Balaban J connectivity index is 2.13. The van der Waals surface area contributed by atoms with Crippen LogP contribution >= 0.6 is 11.8 Å². The van der Waals surface area contributed by atoms with Gasteiger partial charge in [-0.1, -0.05) is 12.1 Å². The van der Waals surface area contributed by atoms with Gasteiger partial charge in [0, 0.05) is 10.6 Å². The molecule has 4 nitrogen and oxygen atoms in total. The maximum Gasteiger partial charge on any atom is 0.398 e. The second-order valence-electron chi connectivity index (χ2n) is 4.26. The number of amides is 1. The number of thioether (sulfide) groups is 1. The van der Waals surface area contributed by atoms with Crippen LogP contribution in [0.4, 0.5) is 18.9 Å². The van der Waals surface area contributed by atoms with Crippen molar-refractivity contribution in [3.63, 3.8) is 0 Å². The molecule has 1 aromatic carbocycles. The molecule has 0 aliphatic carbocycles. The van der Waals surface area contributed by atoms with Crippen molar-refractivity contribution in [3.8, 4) is 0 Å². The first-order chi connectivity index (χ1) is 9.87. The third kappa shape index (κ3) is 4.25. The SMILES string of the molecule is Cc1[nH]ncc1C(=O)Nc1ccccc1SCC(F)(F)F. The number of aromatic amines is 1. The van der Waals surface area contributed by atoms with Crippen LogP contribution < -0.4 is 5.32 Å². The van der Waals surface area contributed by atoms with Gasteiger partial charge in [0.05, 0.1) is 23.2 Å². The molecule has 0 spiro atoms. The number of nitrogens with one attached hydrogen (secondary N) is 2. The maximum atomic E-state index is 12.3. The molecule has 0 saturated carbocycles. The Morgan fingerprint density at radius 1 is 1.38 bits per heavy atom. The Hall–Kier alpha value is -1.96.